The first-order valence-corrected chi connectivity index (χ1v) is 6.46. The minimum Gasteiger partial charge on any atom is -0.397 e. The molecule has 1 aromatic carbocycles. The van der Waals surface area contributed by atoms with E-state index >= 15 is 0 Å². The molecule has 0 fully saturated rings. The molecule has 1 aromatic rings. The fourth-order valence-electron chi connectivity index (χ4n) is 1.37. The molecule has 0 saturated heterocycles. The van der Waals surface area contributed by atoms with E-state index in [-0.39, 0.29) is 0 Å². The van der Waals surface area contributed by atoms with E-state index in [0.29, 0.717) is 17.3 Å². The van der Waals surface area contributed by atoms with Crippen molar-refractivity contribution in [1.82, 2.24) is 0 Å². The maximum Gasteiger partial charge on any atom is 0.0992 e. The number of nitriles is 1. The predicted molar refractivity (Wildman–Crippen MR) is 71.7 cm³/mol. The molecular formula is C12H17N3S. The van der Waals surface area contributed by atoms with Gasteiger partial charge in [0.15, 0.2) is 0 Å². The fourth-order valence-corrected chi connectivity index (χ4v) is 2.04. The number of hydrogen-bond donors (Lipinski definition) is 2. The van der Waals surface area contributed by atoms with Gasteiger partial charge in [-0.05, 0) is 30.9 Å². The Hall–Kier alpha value is -1.34. The topological polar surface area (TPSA) is 61.8 Å². The van der Waals surface area contributed by atoms with Gasteiger partial charge in [0.05, 0.1) is 23.0 Å². The molecule has 0 aliphatic heterocycles. The van der Waals surface area contributed by atoms with E-state index < -0.39 is 0 Å². The first-order valence-electron chi connectivity index (χ1n) is 5.31. The van der Waals surface area contributed by atoms with Gasteiger partial charge in [-0.2, -0.15) is 17.0 Å². The number of thioether (sulfide) groups is 1. The summed E-state index contributed by atoms with van der Waals surface area (Å²) in [5.41, 5.74) is 7.99. The minimum absolute atomic E-state index is 0.375. The summed E-state index contributed by atoms with van der Waals surface area (Å²) in [7, 11) is 0. The second kappa shape index (κ2) is 6.29. The monoisotopic (exact) mass is 235 g/mol. The van der Waals surface area contributed by atoms with Gasteiger partial charge in [-0.25, -0.2) is 0 Å². The molecule has 0 aliphatic rings. The molecule has 0 saturated carbocycles. The Morgan fingerprint density at radius 3 is 2.88 bits per heavy atom. The van der Waals surface area contributed by atoms with Crippen LogP contribution in [0.2, 0.25) is 0 Å². The van der Waals surface area contributed by atoms with Crippen LogP contribution in [0.4, 0.5) is 11.4 Å². The summed E-state index contributed by atoms with van der Waals surface area (Å²) in [6.45, 7) is 4.27. The molecule has 3 nitrogen and oxygen atoms in total. The molecule has 0 aromatic heterocycles. The Labute approximate surface area is 101 Å². The summed E-state index contributed by atoms with van der Waals surface area (Å²) in [5.74, 6) is 2.17. The number of nitrogens with one attached hydrogen (secondary N) is 1. The van der Waals surface area contributed by atoms with Crippen molar-refractivity contribution < 1.29 is 0 Å². The molecule has 0 amide bonds. The van der Waals surface area contributed by atoms with Crippen molar-refractivity contribution in [3.8, 4) is 6.07 Å². The number of rotatable bonds is 5. The first kappa shape index (κ1) is 12.7. The van der Waals surface area contributed by atoms with Gasteiger partial charge in [0, 0.05) is 11.8 Å². The number of anilines is 2. The molecule has 0 aliphatic carbocycles. The molecule has 1 rings (SSSR count). The Kier molecular flexibility index (Phi) is 5.00. The summed E-state index contributed by atoms with van der Waals surface area (Å²) in [4.78, 5) is 0. The third-order valence-corrected chi connectivity index (χ3v) is 3.30. The van der Waals surface area contributed by atoms with E-state index in [1.807, 2.05) is 17.8 Å². The van der Waals surface area contributed by atoms with Crippen LogP contribution in [0.5, 0.6) is 0 Å². The van der Waals surface area contributed by atoms with Crippen LogP contribution < -0.4 is 11.1 Å². The number of hydrogen-bond acceptors (Lipinski definition) is 4. The highest BCUT2D eigenvalue weighted by molar-refractivity contribution is 7.99. The SMILES string of the molecule is CCSCC(C)Nc1ccc(C#N)cc1N. The van der Waals surface area contributed by atoms with Crippen LogP contribution >= 0.6 is 11.8 Å². The Balaban J connectivity index is 2.64. The van der Waals surface area contributed by atoms with E-state index in [4.69, 9.17) is 11.0 Å². The van der Waals surface area contributed by atoms with E-state index in [2.05, 4.69) is 25.2 Å². The highest BCUT2D eigenvalue weighted by Crippen LogP contribution is 2.21. The normalized spacial score (nSPS) is 11.8. The van der Waals surface area contributed by atoms with Crippen LogP contribution in [0, 0.1) is 11.3 Å². The fraction of sp³-hybridized carbons (Fsp3) is 0.417. The first-order chi connectivity index (χ1) is 7.67. The molecule has 0 radical (unpaired) electrons. The van der Waals surface area contributed by atoms with E-state index in [1.54, 1.807) is 12.1 Å². The summed E-state index contributed by atoms with van der Waals surface area (Å²) in [6, 6.07) is 7.78. The lowest BCUT2D eigenvalue weighted by molar-refractivity contribution is 0.914. The van der Waals surface area contributed by atoms with Crippen LogP contribution in [0.3, 0.4) is 0 Å². The van der Waals surface area contributed by atoms with Crippen LogP contribution in [-0.2, 0) is 0 Å². The van der Waals surface area contributed by atoms with Gasteiger partial charge in [0.2, 0.25) is 0 Å². The molecule has 0 spiro atoms. The van der Waals surface area contributed by atoms with E-state index in [9.17, 15) is 0 Å². The number of nitrogen functional groups attached to an aromatic ring is 1. The van der Waals surface area contributed by atoms with Crippen LogP contribution in [-0.4, -0.2) is 17.5 Å². The van der Waals surface area contributed by atoms with Gasteiger partial charge in [0.25, 0.3) is 0 Å². The van der Waals surface area contributed by atoms with Gasteiger partial charge >= 0.3 is 0 Å². The van der Waals surface area contributed by atoms with E-state index in [1.165, 1.54) is 0 Å². The smallest absolute Gasteiger partial charge is 0.0992 e. The molecule has 1 unspecified atom stereocenters. The molecule has 4 heteroatoms. The number of benzene rings is 1. The zero-order valence-electron chi connectivity index (χ0n) is 9.66. The van der Waals surface area contributed by atoms with Gasteiger partial charge < -0.3 is 11.1 Å². The molecule has 3 N–H and O–H groups in total. The highest BCUT2D eigenvalue weighted by Gasteiger charge is 2.05. The third kappa shape index (κ3) is 3.67. The largest absolute Gasteiger partial charge is 0.397 e. The van der Waals surface area contributed by atoms with Crippen LogP contribution in [0.15, 0.2) is 18.2 Å². The Bertz CT molecular complexity index is 384. The van der Waals surface area contributed by atoms with Crippen molar-refractivity contribution in [2.45, 2.75) is 19.9 Å². The van der Waals surface area contributed by atoms with E-state index in [0.717, 1.165) is 17.2 Å². The van der Waals surface area contributed by atoms with Gasteiger partial charge in [-0.1, -0.05) is 6.92 Å². The molecule has 86 valence electrons. The van der Waals surface area contributed by atoms with Crippen molar-refractivity contribution in [2.24, 2.45) is 0 Å². The minimum atomic E-state index is 0.375. The van der Waals surface area contributed by atoms with Gasteiger partial charge in [-0.15, -0.1) is 0 Å². The van der Waals surface area contributed by atoms with Crippen molar-refractivity contribution in [1.29, 1.82) is 5.26 Å². The standard InChI is InChI=1S/C12H17N3S/c1-3-16-8-9(2)15-12-5-4-10(7-13)6-11(12)14/h4-6,9,15H,3,8,14H2,1-2H3. The molecule has 16 heavy (non-hydrogen) atoms. The quantitative estimate of drug-likeness (QED) is 0.770. The molecule has 1 atom stereocenters. The summed E-state index contributed by atoms with van der Waals surface area (Å²) < 4.78 is 0. The number of nitrogens with two attached hydrogens (primary N) is 1. The zero-order chi connectivity index (χ0) is 12.0. The maximum atomic E-state index is 8.72. The Morgan fingerprint density at radius 1 is 1.56 bits per heavy atom. The summed E-state index contributed by atoms with van der Waals surface area (Å²) >= 11 is 1.89. The Morgan fingerprint density at radius 2 is 2.31 bits per heavy atom. The lowest BCUT2D eigenvalue weighted by Crippen LogP contribution is -2.18. The highest BCUT2D eigenvalue weighted by atomic mass is 32.2. The lowest BCUT2D eigenvalue weighted by atomic mass is 10.2. The molecular weight excluding hydrogens is 218 g/mol. The lowest BCUT2D eigenvalue weighted by Gasteiger charge is -2.16. The van der Waals surface area contributed by atoms with Gasteiger partial charge in [0.1, 0.15) is 0 Å². The van der Waals surface area contributed by atoms with Crippen molar-refractivity contribution in [3.05, 3.63) is 23.8 Å². The second-order valence-corrected chi connectivity index (χ2v) is 4.94. The van der Waals surface area contributed by atoms with Crippen molar-refractivity contribution >= 4 is 23.1 Å². The van der Waals surface area contributed by atoms with Gasteiger partial charge in [-0.3, -0.25) is 0 Å². The van der Waals surface area contributed by atoms with Crippen molar-refractivity contribution in [2.75, 3.05) is 22.6 Å². The summed E-state index contributed by atoms with van der Waals surface area (Å²) in [5, 5.41) is 12.1. The maximum absolute atomic E-state index is 8.72. The third-order valence-electron chi connectivity index (χ3n) is 2.15. The van der Waals surface area contributed by atoms with Crippen LogP contribution in [0.1, 0.15) is 19.4 Å². The average molecular weight is 235 g/mol. The predicted octanol–water partition coefficient (Wildman–Crippen LogP) is 2.69. The zero-order valence-corrected chi connectivity index (χ0v) is 10.5. The average Bonchev–Trinajstić information content (AvgIpc) is 2.29. The molecule has 0 heterocycles. The second-order valence-electron chi connectivity index (χ2n) is 3.62. The summed E-state index contributed by atoms with van der Waals surface area (Å²) in [6.07, 6.45) is 0. The van der Waals surface area contributed by atoms with Crippen LogP contribution in [0.25, 0.3) is 0 Å². The van der Waals surface area contributed by atoms with Crippen molar-refractivity contribution in [3.63, 3.8) is 0 Å². The number of nitrogens with zero attached hydrogens (tertiary/aromatic N) is 1. The molecule has 0 bridgehead atoms.